The molecular formula is C19H19N5O2. The highest BCUT2D eigenvalue weighted by atomic mass is 16.5. The van der Waals surface area contributed by atoms with Gasteiger partial charge in [-0.2, -0.15) is 5.10 Å². The molecule has 2 aromatic heterocycles. The van der Waals surface area contributed by atoms with Gasteiger partial charge in [0, 0.05) is 37.4 Å². The standard InChI is InChI=1S/C19H19N5O2/c25-19(23-12-8-16(14-23)24-11-2-10-21-24)22-15-4-6-17(7-5-15)26-18-3-1-9-20-13-18/h1-7,9-11,13,16H,8,12,14H2,(H,22,25). The van der Waals surface area contributed by atoms with Gasteiger partial charge in [0.15, 0.2) is 0 Å². The van der Waals surface area contributed by atoms with Crippen LogP contribution in [-0.4, -0.2) is 38.8 Å². The van der Waals surface area contributed by atoms with Gasteiger partial charge in [-0.15, -0.1) is 0 Å². The molecule has 0 spiro atoms. The molecule has 1 unspecified atom stereocenters. The van der Waals surface area contributed by atoms with Crippen molar-refractivity contribution in [2.24, 2.45) is 0 Å². The maximum absolute atomic E-state index is 12.5. The summed E-state index contributed by atoms with van der Waals surface area (Å²) in [5.74, 6) is 1.36. The van der Waals surface area contributed by atoms with Crippen molar-refractivity contribution in [2.45, 2.75) is 12.5 Å². The number of aromatic nitrogens is 3. The zero-order valence-electron chi connectivity index (χ0n) is 14.2. The number of carbonyl (C=O) groups excluding carboxylic acids is 1. The molecular weight excluding hydrogens is 330 g/mol. The molecule has 0 bridgehead atoms. The van der Waals surface area contributed by atoms with E-state index in [1.54, 1.807) is 18.6 Å². The number of nitrogens with zero attached hydrogens (tertiary/aromatic N) is 4. The Bertz CT molecular complexity index is 849. The predicted octanol–water partition coefficient (Wildman–Crippen LogP) is 3.55. The molecule has 1 saturated heterocycles. The van der Waals surface area contributed by atoms with Crippen LogP contribution in [0.4, 0.5) is 10.5 Å². The van der Waals surface area contributed by atoms with E-state index in [2.05, 4.69) is 15.4 Å². The Kier molecular flexibility index (Phi) is 4.51. The Hall–Kier alpha value is -3.35. The summed E-state index contributed by atoms with van der Waals surface area (Å²) in [6, 6.07) is 13.0. The third-order valence-corrected chi connectivity index (χ3v) is 4.33. The molecule has 1 fully saturated rings. The second-order valence-corrected chi connectivity index (χ2v) is 6.12. The first kappa shape index (κ1) is 16.1. The molecule has 4 rings (SSSR count). The van der Waals surface area contributed by atoms with E-state index in [-0.39, 0.29) is 12.1 Å². The molecule has 1 aromatic carbocycles. The van der Waals surface area contributed by atoms with Gasteiger partial charge in [-0.25, -0.2) is 4.79 Å². The molecule has 1 aliphatic heterocycles. The smallest absolute Gasteiger partial charge is 0.321 e. The van der Waals surface area contributed by atoms with Crippen LogP contribution in [0.1, 0.15) is 12.5 Å². The van der Waals surface area contributed by atoms with Crippen LogP contribution in [0.2, 0.25) is 0 Å². The van der Waals surface area contributed by atoms with Crippen LogP contribution in [0.15, 0.2) is 67.3 Å². The van der Waals surface area contributed by atoms with Crippen LogP contribution < -0.4 is 10.1 Å². The Morgan fingerprint density at radius 3 is 2.73 bits per heavy atom. The molecule has 7 heteroatoms. The third kappa shape index (κ3) is 3.66. The lowest BCUT2D eigenvalue weighted by Gasteiger charge is -2.17. The van der Waals surface area contributed by atoms with Crippen LogP contribution in [0.3, 0.4) is 0 Å². The lowest BCUT2D eigenvalue weighted by atomic mass is 10.3. The molecule has 2 amide bonds. The summed E-state index contributed by atoms with van der Waals surface area (Å²) >= 11 is 0. The topological polar surface area (TPSA) is 72.3 Å². The molecule has 3 heterocycles. The maximum atomic E-state index is 12.5. The molecule has 132 valence electrons. The fourth-order valence-corrected chi connectivity index (χ4v) is 2.99. The lowest BCUT2D eigenvalue weighted by molar-refractivity contribution is 0.220. The van der Waals surface area contributed by atoms with E-state index < -0.39 is 0 Å². The van der Waals surface area contributed by atoms with E-state index >= 15 is 0 Å². The number of benzene rings is 1. The van der Waals surface area contributed by atoms with E-state index in [9.17, 15) is 4.79 Å². The maximum Gasteiger partial charge on any atom is 0.321 e. The Morgan fingerprint density at radius 2 is 2.00 bits per heavy atom. The summed E-state index contributed by atoms with van der Waals surface area (Å²) in [5.41, 5.74) is 0.732. The Morgan fingerprint density at radius 1 is 1.12 bits per heavy atom. The van der Waals surface area contributed by atoms with Crippen molar-refractivity contribution < 1.29 is 9.53 Å². The van der Waals surface area contributed by atoms with Crippen molar-refractivity contribution in [3.8, 4) is 11.5 Å². The Balaban J connectivity index is 1.33. The summed E-state index contributed by atoms with van der Waals surface area (Å²) in [6.45, 7) is 1.38. The summed E-state index contributed by atoms with van der Waals surface area (Å²) in [5, 5.41) is 7.19. The van der Waals surface area contributed by atoms with Crippen LogP contribution >= 0.6 is 0 Å². The minimum atomic E-state index is -0.0967. The van der Waals surface area contributed by atoms with E-state index in [4.69, 9.17) is 4.74 Å². The number of rotatable bonds is 4. The quantitative estimate of drug-likeness (QED) is 0.782. The highest BCUT2D eigenvalue weighted by molar-refractivity contribution is 5.89. The second kappa shape index (κ2) is 7.26. The zero-order valence-corrected chi connectivity index (χ0v) is 14.2. The largest absolute Gasteiger partial charge is 0.456 e. The van der Waals surface area contributed by atoms with Gasteiger partial charge in [-0.05, 0) is 48.9 Å². The molecule has 1 atom stereocenters. The number of amides is 2. The average Bonchev–Trinajstić information content (AvgIpc) is 3.36. The number of carbonyl (C=O) groups is 1. The first-order valence-corrected chi connectivity index (χ1v) is 8.51. The van der Waals surface area contributed by atoms with Gasteiger partial charge in [-0.3, -0.25) is 9.67 Å². The number of hydrogen-bond donors (Lipinski definition) is 1. The number of nitrogens with one attached hydrogen (secondary N) is 1. The fourth-order valence-electron chi connectivity index (χ4n) is 2.99. The molecule has 3 aromatic rings. The molecule has 7 nitrogen and oxygen atoms in total. The van der Waals surface area contributed by atoms with E-state index in [1.165, 1.54) is 0 Å². The van der Waals surface area contributed by atoms with Crippen LogP contribution in [0.25, 0.3) is 0 Å². The number of ether oxygens (including phenoxy) is 1. The van der Waals surface area contributed by atoms with Crippen molar-refractivity contribution >= 4 is 11.7 Å². The molecule has 26 heavy (non-hydrogen) atoms. The Labute approximate surface area is 151 Å². The van der Waals surface area contributed by atoms with Crippen LogP contribution in [0, 0.1) is 0 Å². The minimum Gasteiger partial charge on any atom is -0.456 e. The summed E-state index contributed by atoms with van der Waals surface area (Å²) in [4.78, 5) is 18.3. The number of urea groups is 1. The van der Waals surface area contributed by atoms with E-state index in [0.717, 1.165) is 18.7 Å². The SMILES string of the molecule is O=C(Nc1ccc(Oc2cccnc2)cc1)N1CCC(n2cccn2)C1. The first-order valence-electron chi connectivity index (χ1n) is 8.51. The van der Waals surface area contributed by atoms with Crippen LogP contribution in [0.5, 0.6) is 11.5 Å². The van der Waals surface area contributed by atoms with Gasteiger partial charge < -0.3 is 15.0 Å². The molecule has 1 aliphatic rings. The van der Waals surface area contributed by atoms with Crippen molar-refractivity contribution in [1.82, 2.24) is 19.7 Å². The monoisotopic (exact) mass is 349 g/mol. The van der Waals surface area contributed by atoms with Gasteiger partial charge >= 0.3 is 6.03 Å². The first-order chi connectivity index (χ1) is 12.8. The van der Waals surface area contributed by atoms with Crippen molar-refractivity contribution in [3.63, 3.8) is 0 Å². The second-order valence-electron chi connectivity index (χ2n) is 6.12. The molecule has 0 aliphatic carbocycles. The highest BCUT2D eigenvalue weighted by Gasteiger charge is 2.27. The number of pyridine rings is 1. The van der Waals surface area contributed by atoms with Gasteiger partial charge in [-0.1, -0.05) is 0 Å². The highest BCUT2D eigenvalue weighted by Crippen LogP contribution is 2.24. The zero-order chi connectivity index (χ0) is 17.8. The van der Waals surface area contributed by atoms with Gasteiger partial charge in [0.2, 0.25) is 0 Å². The summed E-state index contributed by atoms with van der Waals surface area (Å²) in [7, 11) is 0. The molecule has 1 N–H and O–H groups in total. The number of likely N-dealkylation sites (tertiary alicyclic amines) is 1. The number of hydrogen-bond acceptors (Lipinski definition) is 4. The van der Waals surface area contributed by atoms with Gasteiger partial charge in [0.1, 0.15) is 11.5 Å². The average molecular weight is 349 g/mol. The summed E-state index contributed by atoms with van der Waals surface area (Å²) < 4.78 is 7.61. The van der Waals surface area contributed by atoms with E-state index in [0.29, 0.717) is 18.0 Å². The van der Waals surface area contributed by atoms with Crippen LogP contribution in [-0.2, 0) is 0 Å². The number of anilines is 1. The minimum absolute atomic E-state index is 0.0967. The third-order valence-electron chi connectivity index (χ3n) is 4.33. The molecule has 0 radical (unpaired) electrons. The lowest BCUT2D eigenvalue weighted by Crippen LogP contribution is -2.33. The summed E-state index contributed by atoms with van der Waals surface area (Å²) in [6.07, 6.45) is 7.96. The van der Waals surface area contributed by atoms with E-state index in [1.807, 2.05) is 58.2 Å². The van der Waals surface area contributed by atoms with Gasteiger partial charge in [0.05, 0.1) is 12.2 Å². The fraction of sp³-hybridized carbons (Fsp3) is 0.211. The predicted molar refractivity (Wildman–Crippen MR) is 97.2 cm³/mol. The van der Waals surface area contributed by atoms with Crippen molar-refractivity contribution in [2.75, 3.05) is 18.4 Å². The van der Waals surface area contributed by atoms with Crippen molar-refractivity contribution in [3.05, 3.63) is 67.3 Å². The van der Waals surface area contributed by atoms with Crippen molar-refractivity contribution in [1.29, 1.82) is 0 Å². The normalized spacial score (nSPS) is 16.5. The van der Waals surface area contributed by atoms with Gasteiger partial charge in [0.25, 0.3) is 0 Å². The molecule has 0 saturated carbocycles.